The molecule has 0 amide bonds. The van der Waals surface area contributed by atoms with Crippen LogP contribution in [-0.2, 0) is 22.3 Å². The van der Waals surface area contributed by atoms with Crippen molar-refractivity contribution in [3.8, 4) is 0 Å². The molecule has 6 nitrogen and oxygen atoms in total. The van der Waals surface area contributed by atoms with E-state index in [0.717, 1.165) is 25.9 Å². The van der Waals surface area contributed by atoms with Crippen LogP contribution in [0.3, 0.4) is 0 Å². The summed E-state index contributed by atoms with van der Waals surface area (Å²) in [7, 11) is 1.63. The highest BCUT2D eigenvalue weighted by Crippen LogP contribution is 2.16. The molecule has 1 aliphatic heterocycles. The van der Waals surface area contributed by atoms with Crippen molar-refractivity contribution in [1.29, 1.82) is 0 Å². The lowest BCUT2D eigenvalue weighted by Crippen LogP contribution is -2.25. The van der Waals surface area contributed by atoms with Gasteiger partial charge in [-0.15, -0.1) is 0 Å². The third-order valence-electron chi connectivity index (χ3n) is 3.19. The predicted octanol–water partition coefficient (Wildman–Crippen LogP) is 0.697. The maximum Gasteiger partial charge on any atom is 0.229 e. The lowest BCUT2D eigenvalue weighted by atomic mass is 10.1. The molecule has 0 aliphatic carbocycles. The molecule has 0 spiro atoms. The van der Waals surface area contributed by atoms with Crippen molar-refractivity contribution in [2.24, 2.45) is 5.73 Å². The van der Waals surface area contributed by atoms with Gasteiger partial charge in [-0.25, -0.2) is 0 Å². The van der Waals surface area contributed by atoms with Crippen LogP contribution in [0.4, 0.5) is 0 Å². The van der Waals surface area contributed by atoms with Gasteiger partial charge in [0.2, 0.25) is 5.89 Å². The van der Waals surface area contributed by atoms with Crippen LogP contribution in [0.5, 0.6) is 0 Å². The van der Waals surface area contributed by atoms with Crippen LogP contribution in [-0.4, -0.2) is 42.6 Å². The second-order valence-corrected chi connectivity index (χ2v) is 4.59. The highest BCUT2D eigenvalue weighted by molar-refractivity contribution is 4.91. The van der Waals surface area contributed by atoms with Gasteiger partial charge >= 0.3 is 0 Å². The van der Waals surface area contributed by atoms with Gasteiger partial charge in [0.05, 0.1) is 18.6 Å². The molecule has 0 bridgehead atoms. The molecule has 102 valence electrons. The van der Waals surface area contributed by atoms with Crippen LogP contribution in [0, 0.1) is 0 Å². The molecule has 2 unspecified atom stereocenters. The Morgan fingerprint density at radius 2 is 2.39 bits per heavy atom. The Morgan fingerprint density at radius 3 is 3.06 bits per heavy atom. The number of nitrogens with zero attached hydrogens (tertiary/aromatic N) is 2. The van der Waals surface area contributed by atoms with Gasteiger partial charge in [-0.2, -0.15) is 4.98 Å². The Morgan fingerprint density at radius 1 is 1.50 bits per heavy atom. The summed E-state index contributed by atoms with van der Waals surface area (Å²) in [6.45, 7) is 1.29. The normalized spacial score (nSPS) is 22.0. The summed E-state index contributed by atoms with van der Waals surface area (Å²) in [5.41, 5.74) is 5.55. The first-order chi connectivity index (χ1) is 8.81. The van der Waals surface area contributed by atoms with Crippen molar-refractivity contribution in [2.75, 3.05) is 20.3 Å². The number of hydrogen-bond donors (Lipinski definition) is 1. The van der Waals surface area contributed by atoms with E-state index in [4.69, 9.17) is 19.7 Å². The predicted molar refractivity (Wildman–Crippen MR) is 65.1 cm³/mol. The van der Waals surface area contributed by atoms with Gasteiger partial charge in [0.15, 0.2) is 5.82 Å². The highest BCUT2D eigenvalue weighted by atomic mass is 16.5. The van der Waals surface area contributed by atoms with Gasteiger partial charge in [-0.05, 0) is 19.3 Å². The fourth-order valence-corrected chi connectivity index (χ4v) is 2.09. The quantitative estimate of drug-likeness (QED) is 0.805. The molecule has 2 atom stereocenters. The highest BCUT2D eigenvalue weighted by Gasteiger charge is 2.18. The summed E-state index contributed by atoms with van der Waals surface area (Å²) in [5, 5.41) is 3.97. The van der Waals surface area contributed by atoms with Crippen LogP contribution in [0.1, 0.15) is 31.0 Å². The number of aromatic nitrogens is 2. The summed E-state index contributed by atoms with van der Waals surface area (Å²) in [6, 6.07) is 0. The van der Waals surface area contributed by atoms with E-state index in [9.17, 15) is 0 Å². The molecule has 0 aromatic carbocycles. The molecule has 1 saturated heterocycles. The average molecular weight is 255 g/mol. The molecule has 2 heterocycles. The summed E-state index contributed by atoms with van der Waals surface area (Å²) < 4.78 is 16.0. The zero-order chi connectivity index (χ0) is 12.8. The van der Waals surface area contributed by atoms with E-state index in [1.165, 1.54) is 6.42 Å². The number of rotatable bonds is 6. The monoisotopic (exact) mass is 255 g/mol. The molecular formula is C12H21N3O3. The molecule has 1 fully saturated rings. The van der Waals surface area contributed by atoms with Crippen LogP contribution < -0.4 is 5.73 Å². The molecule has 0 saturated carbocycles. The first-order valence-electron chi connectivity index (χ1n) is 6.47. The lowest BCUT2D eigenvalue weighted by Gasteiger charge is -2.20. The molecule has 2 N–H and O–H groups in total. The first kappa shape index (κ1) is 13.5. The van der Waals surface area contributed by atoms with Gasteiger partial charge in [0.25, 0.3) is 0 Å². The number of hydrogen-bond acceptors (Lipinski definition) is 6. The molecule has 2 rings (SSSR count). The summed E-state index contributed by atoms with van der Waals surface area (Å²) in [6.07, 6.45) is 4.90. The van der Waals surface area contributed by atoms with Crippen molar-refractivity contribution in [1.82, 2.24) is 10.1 Å². The Hall–Kier alpha value is -0.980. The second-order valence-electron chi connectivity index (χ2n) is 4.59. The van der Waals surface area contributed by atoms with E-state index in [2.05, 4.69) is 10.1 Å². The minimum absolute atomic E-state index is 0.0655. The van der Waals surface area contributed by atoms with Crippen molar-refractivity contribution < 1.29 is 14.0 Å². The number of ether oxygens (including phenoxy) is 2. The minimum atomic E-state index is -0.0655. The van der Waals surface area contributed by atoms with Crippen molar-refractivity contribution in [3.05, 3.63) is 11.7 Å². The Bertz CT molecular complexity index is 346. The smallest absolute Gasteiger partial charge is 0.229 e. The SMILES string of the molecule is COC(CN)Cc1nc(CC2CCCCO2)no1. The summed E-state index contributed by atoms with van der Waals surface area (Å²) in [5.74, 6) is 1.29. The maximum absolute atomic E-state index is 5.65. The van der Waals surface area contributed by atoms with E-state index in [1.54, 1.807) is 7.11 Å². The fraction of sp³-hybridized carbons (Fsp3) is 0.833. The van der Waals surface area contributed by atoms with Crippen molar-refractivity contribution in [3.63, 3.8) is 0 Å². The number of nitrogens with two attached hydrogens (primary N) is 1. The van der Waals surface area contributed by atoms with E-state index in [1.807, 2.05) is 0 Å². The van der Waals surface area contributed by atoms with Gasteiger partial charge in [0.1, 0.15) is 0 Å². The summed E-state index contributed by atoms with van der Waals surface area (Å²) in [4.78, 5) is 4.35. The van der Waals surface area contributed by atoms with Gasteiger partial charge in [-0.3, -0.25) is 0 Å². The third-order valence-corrected chi connectivity index (χ3v) is 3.19. The zero-order valence-corrected chi connectivity index (χ0v) is 10.8. The standard InChI is InChI=1S/C12H21N3O3/c1-16-10(8-13)7-12-14-11(15-18-12)6-9-4-2-3-5-17-9/h9-10H,2-8,13H2,1H3. The van der Waals surface area contributed by atoms with Crippen LogP contribution in [0.25, 0.3) is 0 Å². The minimum Gasteiger partial charge on any atom is -0.380 e. The first-order valence-corrected chi connectivity index (χ1v) is 6.47. The Kier molecular flexibility index (Phi) is 5.10. The molecule has 18 heavy (non-hydrogen) atoms. The molecule has 1 aliphatic rings. The fourth-order valence-electron chi connectivity index (χ4n) is 2.09. The molecular weight excluding hydrogens is 234 g/mol. The van der Waals surface area contributed by atoms with Crippen LogP contribution >= 0.6 is 0 Å². The number of methoxy groups -OCH3 is 1. The topological polar surface area (TPSA) is 83.4 Å². The molecule has 1 aromatic heterocycles. The molecule has 6 heteroatoms. The Labute approximate surface area is 107 Å². The average Bonchev–Trinajstić information content (AvgIpc) is 2.84. The summed E-state index contributed by atoms with van der Waals surface area (Å²) >= 11 is 0. The lowest BCUT2D eigenvalue weighted by molar-refractivity contribution is 0.0153. The molecule has 0 radical (unpaired) electrons. The van der Waals surface area contributed by atoms with Crippen LogP contribution in [0.15, 0.2) is 4.52 Å². The largest absolute Gasteiger partial charge is 0.380 e. The maximum atomic E-state index is 5.65. The second kappa shape index (κ2) is 6.82. The van der Waals surface area contributed by atoms with E-state index in [0.29, 0.717) is 24.7 Å². The van der Waals surface area contributed by atoms with Gasteiger partial charge in [-0.1, -0.05) is 5.16 Å². The van der Waals surface area contributed by atoms with Crippen molar-refractivity contribution >= 4 is 0 Å². The van der Waals surface area contributed by atoms with Gasteiger partial charge in [0, 0.05) is 26.7 Å². The third kappa shape index (κ3) is 3.76. The van der Waals surface area contributed by atoms with Crippen LogP contribution in [0.2, 0.25) is 0 Å². The Balaban J connectivity index is 1.85. The van der Waals surface area contributed by atoms with Crippen molar-refractivity contribution in [2.45, 2.75) is 44.3 Å². The van der Waals surface area contributed by atoms with E-state index < -0.39 is 0 Å². The van der Waals surface area contributed by atoms with E-state index in [-0.39, 0.29) is 12.2 Å². The van der Waals surface area contributed by atoms with E-state index >= 15 is 0 Å². The van der Waals surface area contributed by atoms with Gasteiger partial charge < -0.3 is 19.7 Å². The zero-order valence-electron chi connectivity index (χ0n) is 10.8. The molecule has 1 aromatic rings.